The van der Waals surface area contributed by atoms with E-state index in [2.05, 4.69) is 38.3 Å². The van der Waals surface area contributed by atoms with Gasteiger partial charge in [-0.2, -0.15) is 0 Å². The summed E-state index contributed by atoms with van der Waals surface area (Å²) >= 11 is 0. The fourth-order valence-corrected chi connectivity index (χ4v) is 3.95. The van der Waals surface area contributed by atoms with E-state index in [-0.39, 0.29) is 17.6 Å². The number of likely N-dealkylation sites (tertiary alicyclic amines) is 1. The molecule has 2 aliphatic rings. The second-order valence-corrected chi connectivity index (χ2v) is 8.52. The van der Waals surface area contributed by atoms with Gasteiger partial charge in [-0.05, 0) is 38.0 Å². The third-order valence-electron chi connectivity index (χ3n) is 5.27. The van der Waals surface area contributed by atoms with Crippen LogP contribution in [0.25, 0.3) is 0 Å². The predicted octanol–water partition coefficient (Wildman–Crippen LogP) is 1.93. The van der Waals surface area contributed by atoms with E-state index in [1.165, 1.54) is 6.42 Å². The van der Waals surface area contributed by atoms with Crippen LogP contribution in [-0.2, 0) is 4.74 Å². The van der Waals surface area contributed by atoms with Gasteiger partial charge in [-0.3, -0.25) is 4.99 Å². The van der Waals surface area contributed by atoms with Crippen molar-refractivity contribution >= 4 is 12.0 Å². The molecular formula is C19H37N5O2. The van der Waals surface area contributed by atoms with Crippen LogP contribution in [0, 0.1) is 11.3 Å². The first-order chi connectivity index (χ1) is 12.3. The van der Waals surface area contributed by atoms with Crippen LogP contribution in [0.5, 0.6) is 0 Å². The highest BCUT2D eigenvalue weighted by Crippen LogP contribution is 2.34. The third-order valence-corrected chi connectivity index (χ3v) is 5.27. The standard InChI is InChI=1S/C19H37N5O2/c1-5-21-18(23-15-8-10-24(11-9-15)17(20)25)22-13-14-7-6-12-26-16(14)19(2,3)4/h14-16H,5-13H2,1-4H3,(H2,20,25)(H2,21,22,23). The number of nitrogens with zero attached hydrogens (tertiary/aromatic N) is 2. The lowest BCUT2D eigenvalue weighted by molar-refractivity contribution is -0.0823. The van der Waals surface area contributed by atoms with Crippen molar-refractivity contribution in [3.8, 4) is 0 Å². The molecule has 150 valence electrons. The maximum Gasteiger partial charge on any atom is 0.314 e. The molecule has 0 aromatic carbocycles. The maximum atomic E-state index is 11.3. The Morgan fingerprint density at radius 1 is 1.27 bits per heavy atom. The van der Waals surface area contributed by atoms with Crippen LogP contribution in [0.4, 0.5) is 4.79 Å². The van der Waals surface area contributed by atoms with Crippen LogP contribution < -0.4 is 16.4 Å². The summed E-state index contributed by atoms with van der Waals surface area (Å²) in [7, 11) is 0. The van der Waals surface area contributed by atoms with Gasteiger partial charge in [0, 0.05) is 44.7 Å². The maximum absolute atomic E-state index is 11.3. The number of carbonyl (C=O) groups excluding carboxylic acids is 1. The molecule has 2 heterocycles. The van der Waals surface area contributed by atoms with Crippen molar-refractivity contribution < 1.29 is 9.53 Å². The fraction of sp³-hybridized carbons (Fsp3) is 0.895. The number of hydrogen-bond acceptors (Lipinski definition) is 3. The molecule has 7 heteroatoms. The lowest BCUT2D eigenvalue weighted by atomic mass is 9.78. The predicted molar refractivity (Wildman–Crippen MR) is 105 cm³/mol. The van der Waals surface area contributed by atoms with Crippen molar-refractivity contribution in [2.75, 3.05) is 32.8 Å². The number of carbonyl (C=O) groups is 1. The summed E-state index contributed by atoms with van der Waals surface area (Å²) in [6.07, 6.45) is 4.32. The number of piperidine rings is 1. The number of urea groups is 1. The summed E-state index contributed by atoms with van der Waals surface area (Å²) in [6.45, 7) is 12.7. The van der Waals surface area contributed by atoms with Gasteiger partial charge < -0.3 is 26.0 Å². The number of rotatable bonds is 4. The topological polar surface area (TPSA) is 92.0 Å². The molecule has 0 bridgehead atoms. The number of guanidine groups is 1. The minimum absolute atomic E-state index is 0.133. The van der Waals surface area contributed by atoms with E-state index < -0.39 is 0 Å². The van der Waals surface area contributed by atoms with Gasteiger partial charge in [0.05, 0.1) is 6.10 Å². The molecule has 0 radical (unpaired) electrons. The normalized spacial score (nSPS) is 25.8. The molecule has 2 amide bonds. The molecule has 4 N–H and O–H groups in total. The molecule has 7 nitrogen and oxygen atoms in total. The molecule has 0 aromatic rings. The van der Waals surface area contributed by atoms with Gasteiger partial charge in [-0.1, -0.05) is 20.8 Å². The zero-order valence-electron chi connectivity index (χ0n) is 16.9. The number of ether oxygens (including phenoxy) is 1. The molecule has 2 unspecified atom stereocenters. The van der Waals surface area contributed by atoms with Gasteiger partial charge in [0.15, 0.2) is 5.96 Å². The molecule has 2 saturated heterocycles. The Hall–Kier alpha value is -1.50. The van der Waals surface area contributed by atoms with E-state index in [4.69, 9.17) is 15.5 Å². The molecule has 0 aliphatic carbocycles. The minimum Gasteiger partial charge on any atom is -0.377 e. The molecule has 0 saturated carbocycles. The van der Waals surface area contributed by atoms with E-state index in [0.717, 1.165) is 44.9 Å². The van der Waals surface area contributed by atoms with E-state index in [1.54, 1.807) is 4.90 Å². The summed E-state index contributed by atoms with van der Waals surface area (Å²) in [5, 5.41) is 6.88. The number of nitrogens with two attached hydrogens (primary N) is 1. The molecule has 0 aromatic heterocycles. The molecule has 26 heavy (non-hydrogen) atoms. The Kier molecular flexibility index (Phi) is 7.55. The Balaban J connectivity index is 1.92. The lowest BCUT2D eigenvalue weighted by Gasteiger charge is -2.39. The Bertz CT molecular complexity index is 481. The zero-order chi connectivity index (χ0) is 19.2. The first-order valence-electron chi connectivity index (χ1n) is 10.0. The van der Waals surface area contributed by atoms with Gasteiger partial charge >= 0.3 is 6.03 Å². The molecule has 2 aliphatic heterocycles. The third kappa shape index (κ3) is 6.04. The van der Waals surface area contributed by atoms with Crippen molar-refractivity contribution in [1.82, 2.24) is 15.5 Å². The van der Waals surface area contributed by atoms with Crippen molar-refractivity contribution in [3.63, 3.8) is 0 Å². The van der Waals surface area contributed by atoms with E-state index >= 15 is 0 Å². The van der Waals surface area contributed by atoms with Crippen LogP contribution in [0.15, 0.2) is 4.99 Å². The number of primary amides is 1. The molecule has 2 rings (SSSR count). The second kappa shape index (κ2) is 9.44. The molecule has 0 spiro atoms. The summed E-state index contributed by atoms with van der Waals surface area (Å²) in [4.78, 5) is 17.8. The van der Waals surface area contributed by atoms with Crippen LogP contribution in [-0.4, -0.2) is 61.8 Å². The van der Waals surface area contributed by atoms with Crippen molar-refractivity contribution in [2.45, 2.75) is 65.5 Å². The monoisotopic (exact) mass is 367 g/mol. The smallest absolute Gasteiger partial charge is 0.314 e. The number of amides is 2. The summed E-state index contributed by atoms with van der Waals surface area (Å²) in [6, 6.07) is -0.000960. The molecular weight excluding hydrogens is 330 g/mol. The average Bonchev–Trinajstić information content (AvgIpc) is 2.60. The van der Waals surface area contributed by atoms with Crippen LogP contribution in [0.3, 0.4) is 0 Å². The summed E-state index contributed by atoms with van der Waals surface area (Å²) in [5.74, 6) is 1.32. The largest absolute Gasteiger partial charge is 0.377 e. The van der Waals surface area contributed by atoms with Gasteiger partial charge in [0.2, 0.25) is 0 Å². The Morgan fingerprint density at radius 3 is 2.54 bits per heavy atom. The number of hydrogen-bond donors (Lipinski definition) is 3. The highest BCUT2D eigenvalue weighted by molar-refractivity contribution is 5.80. The van der Waals surface area contributed by atoms with E-state index in [9.17, 15) is 4.79 Å². The lowest BCUT2D eigenvalue weighted by Crippen LogP contribution is -2.51. The fourth-order valence-electron chi connectivity index (χ4n) is 3.95. The summed E-state index contributed by atoms with van der Waals surface area (Å²) < 4.78 is 6.07. The van der Waals surface area contributed by atoms with E-state index in [0.29, 0.717) is 25.0 Å². The quantitative estimate of drug-likeness (QED) is 0.523. The van der Waals surface area contributed by atoms with Crippen molar-refractivity contribution in [1.29, 1.82) is 0 Å². The molecule has 2 fully saturated rings. The SMILES string of the molecule is CCNC(=NCC1CCCOC1C(C)(C)C)NC1CCN(C(N)=O)CC1. The van der Waals surface area contributed by atoms with Crippen LogP contribution in [0.1, 0.15) is 53.4 Å². The average molecular weight is 368 g/mol. The van der Waals surface area contributed by atoms with Crippen molar-refractivity contribution in [3.05, 3.63) is 0 Å². The highest BCUT2D eigenvalue weighted by Gasteiger charge is 2.35. The zero-order valence-corrected chi connectivity index (χ0v) is 16.9. The van der Waals surface area contributed by atoms with Gasteiger partial charge in [0.25, 0.3) is 0 Å². The first-order valence-corrected chi connectivity index (χ1v) is 10.0. The van der Waals surface area contributed by atoms with Gasteiger partial charge in [0.1, 0.15) is 0 Å². The van der Waals surface area contributed by atoms with Gasteiger partial charge in [-0.25, -0.2) is 4.79 Å². The second-order valence-electron chi connectivity index (χ2n) is 8.52. The highest BCUT2D eigenvalue weighted by atomic mass is 16.5. The number of nitrogens with one attached hydrogen (secondary N) is 2. The van der Waals surface area contributed by atoms with Crippen LogP contribution in [0.2, 0.25) is 0 Å². The summed E-state index contributed by atoms with van der Waals surface area (Å²) in [5.41, 5.74) is 5.49. The minimum atomic E-state index is -0.324. The van der Waals surface area contributed by atoms with Crippen molar-refractivity contribution in [2.24, 2.45) is 22.1 Å². The Morgan fingerprint density at radius 2 is 1.96 bits per heavy atom. The number of aliphatic imine (C=N–C) groups is 1. The first kappa shape index (κ1) is 20.8. The molecule has 2 atom stereocenters. The van der Waals surface area contributed by atoms with E-state index in [1.807, 2.05) is 0 Å². The Labute approximate surface area is 158 Å². The van der Waals surface area contributed by atoms with Crippen LogP contribution >= 0.6 is 0 Å². The van der Waals surface area contributed by atoms with Gasteiger partial charge in [-0.15, -0.1) is 0 Å².